The van der Waals surface area contributed by atoms with E-state index in [1.165, 1.54) is 13.2 Å². The maximum atomic E-state index is 12.6. The van der Waals surface area contributed by atoms with Crippen molar-refractivity contribution in [1.82, 2.24) is 5.32 Å². The number of benzene rings is 1. The van der Waals surface area contributed by atoms with Crippen molar-refractivity contribution in [3.05, 3.63) is 54.0 Å². The van der Waals surface area contributed by atoms with E-state index in [-0.39, 0.29) is 18.8 Å². The fourth-order valence-electron chi connectivity index (χ4n) is 2.01. The number of carbonyl (C=O) groups is 2. The summed E-state index contributed by atoms with van der Waals surface area (Å²) in [5, 5.41) is 2.57. The molecule has 0 fully saturated rings. The van der Waals surface area contributed by atoms with E-state index in [0.29, 0.717) is 5.76 Å². The molecule has 1 aromatic carbocycles. The molecule has 0 saturated heterocycles. The van der Waals surface area contributed by atoms with Gasteiger partial charge in [0.1, 0.15) is 12.3 Å². The van der Waals surface area contributed by atoms with E-state index in [9.17, 15) is 22.8 Å². The average molecular weight is 340 g/mol. The van der Waals surface area contributed by atoms with Gasteiger partial charge in [0, 0.05) is 12.6 Å². The molecule has 2 amide bonds. The molecule has 0 aliphatic heterocycles. The van der Waals surface area contributed by atoms with Crippen molar-refractivity contribution in [2.75, 3.05) is 11.4 Å². The number of carbonyl (C=O) groups excluding carboxylic acids is 2. The number of rotatable bonds is 5. The van der Waals surface area contributed by atoms with Gasteiger partial charge in [0.2, 0.25) is 11.8 Å². The molecular weight excluding hydrogens is 325 g/mol. The highest BCUT2D eigenvalue weighted by Crippen LogP contribution is 2.30. The van der Waals surface area contributed by atoms with Gasteiger partial charge >= 0.3 is 6.18 Å². The fourth-order valence-corrected chi connectivity index (χ4v) is 2.01. The van der Waals surface area contributed by atoms with Gasteiger partial charge in [-0.05, 0) is 36.4 Å². The summed E-state index contributed by atoms with van der Waals surface area (Å²) in [6.45, 7) is 1.09. The number of amides is 2. The molecule has 0 bridgehead atoms. The van der Waals surface area contributed by atoms with Crippen molar-refractivity contribution in [3.8, 4) is 0 Å². The molecule has 128 valence electrons. The van der Waals surface area contributed by atoms with E-state index in [2.05, 4.69) is 5.32 Å². The molecule has 1 N–H and O–H groups in total. The van der Waals surface area contributed by atoms with Crippen LogP contribution in [-0.2, 0) is 22.3 Å². The van der Waals surface area contributed by atoms with Crippen molar-refractivity contribution < 1.29 is 27.2 Å². The quantitative estimate of drug-likeness (QED) is 0.910. The number of hydrogen-bond donors (Lipinski definition) is 1. The summed E-state index contributed by atoms with van der Waals surface area (Å²) in [6, 6.07) is 7.40. The van der Waals surface area contributed by atoms with Crippen molar-refractivity contribution >= 4 is 17.5 Å². The van der Waals surface area contributed by atoms with E-state index < -0.39 is 23.6 Å². The summed E-state index contributed by atoms with van der Waals surface area (Å²) in [6.07, 6.45) is -2.99. The zero-order valence-electron chi connectivity index (χ0n) is 12.8. The van der Waals surface area contributed by atoms with Gasteiger partial charge < -0.3 is 14.6 Å². The van der Waals surface area contributed by atoms with Crippen LogP contribution in [0, 0.1) is 0 Å². The number of anilines is 1. The third kappa shape index (κ3) is 4.61. The first-order valence-corrected chi connectivity index (χ1v) is 7.02. The average Bonchev–Trinajstić information content (AvgIpc) is 3.03. The molecule has 5 nitrogen and oxygen atoms in total. The van der Waals surface area contributed by atoms with Crippen molar-refractivity contribution in [1.29, 1.82) is 0 Å². The Kier molecular flexibility index (Phi) is 5.28. The van der Waals surface area contributed by atoms with Crippen molar-refractivity contribution in [2.24, 2.45) is 0 Å². The summed E-state index contributed by atoms with van der Waals surface area (Å²) >= 11 is 0. The molecule has 0 saturated carbocycles. The highest BCUT2D eigenvalue weighted by Gasteiger charge is 2.30. The molecule has 1 heterocycles. The Morgan fingerprint density at radius 1 is 1.17 bits per heavy atom. The highest BCUT2D eigenvalue weighted by atomic mass is 19.4. The smallest absolute Gasteiger partial charge is 0.416 e. The standard InChI is InChI=1S/C16H15F3N2O3/c1-11(22)21(10-15(23)20-9-14-3-2-8-24-14)13-6-4-12(5-7-13)16(17,18)19/h2-8H,9-10H2,1H3,(H,20,23). The second kappa shape index (κ2) is 7.20. The lowest BCUT2D eigenvalue weighted by Crippen LogP contribution is -2.39. The van der Waals surface area contributed by atoms with E-state index in [1.807, 2.05) is 0 Å². The Balaban J connectivity index is 2.03. The zero-order valence-corrected chi connectivity index (χ0v) is 12.8. The van der Waals surface area contributed by atoms with Crippen LogP contribution in [0.5, 0.6) is 0 Å². The van der Waals surface area contributed by atoms with Crippen molar-refractivity contribution in [3.63, 3.8) is 0 Å². The molecule has 2 rings (SSSR count). The molecule has 0 spiro atoms. The molecule has 24 heavy (non-hydrogen) atoms. The summed E-state index contributed by atoms with van der Waals surface area (Å²) in [5.74, 6) is -0.364. The van der Waals surface area contributed by atoms with Crippen LogP contribution in [0.1, 0.15) is 18.2 Å². The maximum absolute atomic E-state index is 12.6. The topological polar surface area (TPSA) is 62.6 Å². The fraction of sp³-hybridized carbons (Fsp3) is 0.250. The second-order valence-corrected chi connectivity index (χ2v) is 5.01. The Morgan fingerprint density at radius 2 is 1.83 bits per heavy atom. The van der Waals surface area contributed by atoms with E-state index in [4.69, 9.17) is 4.42 Å². The van der Waals surface area contributed by atoms with Gasteiger partial charge in [-0.15, -0.1) is 0 Å². The highest BCUT2D eigenvalue weighted by molar-refractivity contribution is 5.97. The molecule has 0 atom stereocenters. The van der Waals surface area contributed by atoms with Crippen LogP contribution in [0.3, 0.4) is 0 Å². The monoisotopic (exact) mass is 340 g/mol. The number of halogens is 3. The van der Waals surface area contributed by atoms with Crippen LogP contribution in [0.25, 0.3) is 0 Å². The molecule has 0 aliphatic carbocycles. The molecule has 2 aromatic rings. The Labute approximate surface area is 136 Å². The van der Waals surface area contributed by atoms with Gasteiger partial charge in [-0.25, -0.2) is 0 Å². The lowest BCUT2D eigenvalue weighted by Gasteiger charge is -2.21. The Bertz CT molecular complexity index is 694. The molecule has 8 heteroatoms. The minimum Gasteiger partial charge on any atom is -0.467 e. The van der Waals surface area contributed by atoms with E-state index in [0.717, 1.165) is 29.2 Å². The van der Waals surface area contributed by atoms with Crippen LogP contribution >= 0.6 is 0 Å². The van der Waals surface area contributed by atoms with Crippen LogP contribution in [0.2, 0.25) is 0 Å². The summed E-state index contributed by atoms with van der Waals surface area (Å²) < 4.78 is 42.8. The zero-order chi connectivity index (χ0) is 17.7. The minimum atomic E-state index is -4.46. The SMILES string of the molecule is CC(=O)N(CC(=O)NCc1ccco1)c1ccc(C(F)(F)F)cc1. The van der Waals surface area contributed by atoms with Gasteiger partial charge in [-0.3, -0.25) is 9.59 Å². The predicted molar refractivity (Wildman–Crippen MR) is 80.0 cm³/mol. The summed E-state index contributed by atoms with van der Waals surface area (Å²) in [7, 11) is 0. The Hall–Kier alpha value is -2.77. The van der Waals surface area contributed by atoms with Gasteiger partial charge in [0.25, 0.3) is 0 Å². The predicted octanol–water partition coefficient (Wildman–Crippen LogP) is 2.97. The maximum Gasteiger partial charge on any atom is 0.416 e. The number of hydrogen-bond acceptors (Lipinski definition) is 3. The lowest BCUT2D eigenvalue weighted by molar-refractivity contribution is -0.137. The normalized spacial score (nSPS) is 11.2. The Morgan fingerprint density at radius 3 is 2.33 bits per heavy atom. The number of furan rings is 1. The number of nitrogens with zero attached hydrogens (tertiary/aromatic N) is 1. The molecule has 1 aromatic heterocycles. The summed E-state index contributed by atoms with van der Waals surface area (Å²) in [4.78, 5) is 24.7. The molecule has 0 radical (unpaired) electrons. The van der Waals surface area contributed by atoms with E-state index in [1.54, 1.807) is 12.1 Å². The van der Waals surface area contributed by atoms with Crippen molar-refractivity contribution in [2.45, 2.75) is 19.6 Å². The third-order valence-corrected chi connectivity index (χ3v) is 3.23. The first-order valence-electron chi connectivity index (χ1n) is 7.02. The van der Waals surface area contributed by atoms with Gasteiger partial charge in [0.05, 0.1) is 18.4 Å². The molecular formula is C16H15F3N2O3. The minimum absolute atomic E-state index is 0.157. The van der Waals surface area contributed by atoms with Crippen LogP contribution in [-0.4, -0.2) is 18.4 Å². The first-order chi connectivity index (χ1) is 11.3. The van der Waals surface area contributed by atoms with Crippen LogP contribution < -0.4 is 10.2 Å². The van der Waals surface area contributed by atoms with E-state index >= 15 is 0 Å². The largest absolute Gasteiger partial charge is 0.467 e. The third-order valence-electron chi connectivity index (χ3n) is 3.23. The van der Waals surface area contributed by atoms with Gasteiger partial charge in [-0.2, -0.15) is 13.2 Å². The number of alkyl halides is 3. The summed E-state index contributed by atoms with van der Waals surface area (Å²) in [5.41, 5.74) is -0.610. The van der Waals surface area contributed by atoms with Gasteiger partial charge in [0.15, 0.2) is 0 Å². The molecule has 0 unspecified atom stereocenters. The van der Waals surface area contributed by atoms with Gasteiger partial charge in [-0.1, -0.05) is 0 Å². The molecule has 0 aliphatic rings. The number of nitrogens with one attached hydrogen (secondary N) is 1. The lowest BCUT2D eigenvalue weighted by atomic mass is 10.2. The van der Waals surface area contributed by atoms with Crippen LogP contribution in [0.4, 0.5) is 18.9 Å². The first kappa shape index (κ1) is 17.6. The van der Waals surface area contributed by atoms with Crippen LogP contribution in [0.15, 0.2) is 47.1 Å². The second-order valence-electron chi connectivity index (χ2n) is 5.01.